The normalized spacial score (nSPS) is 13.9. The number of nitrogens with zero attached hydrogens (tertiary/aromatic N) is 4. The summed E-state index contributed by atoms with van der Waals surface area (Å²) in [7, 11) is 0. The quantitative estimate of drug-likeness (QED) is 0.338. The Morgan fingerprint density at radius 3 is 2.09 bits per heavy atom. The third-order valence-electron chi connectivity index (χ3n) is 5.84. The summed E-state index contributed by atoms with van der Waals surface area (Å²) in [5, 5.41) is 1.09. The lowest BCUT2D eigenvalue weighted by atomic mass is 10.2. The van der Waals surface area contributed by atoms with E-state index >= 15 is 0 Å². The lowest BCUT2D eigenvalue weighted by Gasteiger charge is -2.36. The maximum absolute atomic E-state index is 13.3. The number of hydrogen-bond donors (Lipinski definition) is 0. The Morgan fingerprint density at radius 2 is 1.39 bits per heavy atom. The largest absolute Gasteiger partial charge is 0.368 e. The number of piperazine rings is 1. The van der Waals surface area contributed by atoms with E-state index in [0.717, 1.165) is 18.8 Å². The van der Waals surface area contributed by atoms with Crippen LogP contribution >= 0.6 is 11.8 Å². The van der Waals surface area contributed by atoms with Gasteiger partial charge in [-0.2, -0.15) is 0 Å². The molecule has 1 saturated heterocycles. The van der Waals surface area contributed by atoms with E-state index in [-0.39, 0.29) is 17.2 Å². The number of aromatic nitrogens is 2. The SMILES string of the molecule is O=C(CSc1nc2ccccc2c(=O)n1-c1ccccc1)N1CCN(c2ccccc2)CC1. The van der Waals surface area contributed by atoms with Gasteiger partial charge in [0.25, 0.3) is 5.56 Å². The number of hydrogen-bond acceptors (Lipinski definition) is 5. The lowest BCUT2D eigenvalue weighted by molar-refractivity contribution is -0.128. The van der Waals surface area contributed by atoms with Crippen molar-refractivity contribution < 1.29 is 4.79 Å². The Balaban J connectivity index is 1.33. The van der Waals surface area contributed by atoms with E-state index in [1.807, 2.05) is 71.6 Å². The average molecular weight is 457 g/mol. The van der Waals surface area contributed by atoms with Crippen LogP contribution in [0, 0.1) is 0 Å². The lowest BCUT2D eigenvalue weighted by Crippen LogP contribution is -2.49. The summed E-state index contributed by atoms with van der Waals surface area (Å²) in [6, 6.07) is 27.1. The average Bonchev–Trinajstić information content (AvgIpc) is 2.88. The van der Waals surface area contributed by atoms with Gasteiger partial charge in [0.1, 0.15) is 0 Å². The van der Waals surface area contributed by atoms with Crippen molar-refractivity contribution in [2.45, 2.75) is 5.16 Å². The molecule has 0 N–H and O–H groups in total. The Kier molecular flexibility index (Phi) is 6.13. The Morgan fingerprint density at radius 1 is 0.788 bits per heavy atom. The predicted octanol–water partition coefficient (Wildman–Crippen LogP) is 3.83. The van der Waals surface area contributed by atoms with Gasteiger partial charge in [0.2, 0.25) is 5.91 Å². The van der Waals surface area contributed by atoms with E-state index < -0.39 is 0 Å². The number of rotatable bonds is 5. The first-order chi connectivity index (χ1) is 16.2. The predicted molar refractivity (Wildman–Crippen MR) is 133 cm³/mol. The third kappa shape index (κ3) is 4.50. The summed E-state index contributed by atoms with van der Waals surface area (Å²) >= 11 is 1.32. The van der Waals surface area contributed by atoms with Gasteiger partial charge < -0.3 is 9.80 Å². The van der Waals surface area contributed by atoms with E-state index in [2.05, 4.69) is 17.0 Å². The van der Waals surface area contributed by atoms with Gasteiger partial charge in [-0.3, -0.25) is 14.2 Å². The van der Waals surface area contributed by atoms with Gasteiger partial charge in [0.15, 0.2) is 5.16 Å². The van der Waals surface area contributed by atoms with Crippen molar-refractivity contribution in [3.8, 4) is 5.69 Å². The maximum atomic E-state index is 13.3. The van der Waals surface area contributed by atoms with Crippen LogP contribution in [-0.2, 0) is 4.79 Å². The molecule has 0 saturated carbocycles. The van der Waals surface area contributed by atoms with Gasteiger partial charge in [-0.25, -0.2) is 4.98 Å². The number of fused-ring (bicyclic) bond motifs is 1. The molecule has 3 aromatic carbocycles. The molecule has 1 aromatic heterocycles. The maximum Gasteiger partial charge on any atom is 0.266 e. The van der Waals surface area contributed by atoms with Crippen molar-refractivity contribution in [3.05, 3.63) is 95.3 Å². The molecule has 6 nitrogen and oxygen atoms in total. The van der Waals surface area contributed by atoms with Crippen molar-refractivity contribution in [1.82, 2.24) is 14.5 Å². The zero-order valence-corrected chi connectivity index (χ0v) is 18.9. The summed E-state index contributed by atoms with van der Waals surface area (Å²) < 4.78 is 1.60. The van der Waals surface area contributed by atoms with Crippen LogP contribution in [0.5, 0.6) is 0 Å². The molecule has 0 radical (unpaired) electrons. The molecular weight excluding hydrogens is 432 g/mol. The molecule has 0 atom stereocenters. The molecule has 0 bridgehead atoms. The van der Waals surface area contributed by atoms with Crippen LogP contribution in [0.2, 0.25) is 0 Å². The second-order valence-electron chi connectivity index (χ2n) is 7.88. The topological polar surface area (TPSA) is 58.4 Å². The van der Waals surface area contributed by atoms with Crippen LogP contribution in [-0.4, -0.2) is 52.3 Å². The van der Waals surface area contributed by atoms with Crippen molar-refractivity contribution >= 4 is 34.3 Å². The van der Waals surface area contributed by atoms with Crippen LogP contribution in [0.4, 0.5) is 5.69 Å². The van der Waals surface area contributed by atoms with Gasteiger partial charge in [0.05, 0.1) is 22.3 Å². The van der Waals surface area contributed by atoms with Crippen LogP contribution < -0.4 is 10.5 Å². The Bertz CT molecular complexity index is 1320. The number of carbonyl (C=O) groups excluding carboxylic acids is 1. The standard InChI is InChI=1S/C26H24N4O2S/c31-24(29-17-15-28(16-18-29)20-9-3-1-4-10-20)19-33-26-27-23-14-8-7-13-22(23)25(32)30(26)21-11-5-2-6-12-21/h1-14H,15-19H2. The fourth-order valence-corrected chi connectivity index (χ4v) is 5.00. The first-order valence-electron chi connectivity index (χ1n) is 11.0. The van der Waals surface area contributed by atoms with Crippen molar-refractivity contribution in [2.75, 3.05) is 36.8 Å². The van der Waals surface area contributed by atoms with Crippen molar-refractivity contribution in [1.29, 1.82) is 0 Å². The van der Waals surface area contributed by atoms with E-state index in [9.17, 15) is 9.59 Å². The van der Waals surface area contributed by atoms with Crippen LogP contribution in [0.25, 0.3) is 16.6 Å². The van der Waals surface area contributed by atoms with E-state index in [1.165, 1.54) is 17.4 Å². The first-order valence-corrected chi connectivity index (χ1v) is 12.0. The Hall–Kier alpha value is -3.58. The summed E-state index contributed by atoms with van der Waals surface area (Å²) in [4.78, 5) is 35.2. The van der Waals surface area contributed by atoms with Crippen LogP contribution in [0.3, 0.4) is 0 Å². The van der Waals surface area contributed by atoms with Gasteiger partial charge in [-0.15, -0.1) is 0 Å². The Labute approximate surface area is 196 Å². The van der Waals surface area contributed by atoms with Crippen molar-refractivity contribution in [2.24, 2.45) is 0 Å². The van der Waals surface area contributed by atoms with Gasteiger partial charge in [-0.1, -0.05) is 60.3 Å². The summed E-state index contributed by atoms with van der Waals surface area (Å²) in [6.45, 7) is 2.99. The number of anilines is 1. The fraction of sp³-hybridized carbons (Fsp3) is 0.192. The molecule has 0 spiro atoms. The molecule has 4 aromatic rings. The summed E-state index contributed by atoms with van der Waals surface area (Å²) in [5.41, 5.74) is 2.44. The first kappa shape index (κ1) is 21.3. The number of thioether (sulfide) groups is 1. The molecule has 1 fully saturated rings. The molecule has 1 aliphatic rings. The molecule has 7 heteroatoms. The molecule has 33 heavy (non-hydrogen) atoms. The van der Waals surface area contributed by atoms with Crippen molar-refractivity contribution in [3.63, 3.8) is 0 Å². The molecule has 1 aliphatic heterocycles. The van der Waals surface area contributed by atoms with Gasteiger partial charge in [-0.05, 0) is 36.4 Å². The van der Waals surface area contributed by atoms with Gasteiger partial charge >= 0.3 is 0 Å². The van der Waals surface area contributed by atoms with Crippen LogP contribution in [0.1, 0.15) is 0 Å². The van der Waals surface area contributed by atoms with E-state index in [4.69, 9.17) is 4.98 Å². The highest BCUT2D eigenvalue weighted by molar-refractivity contribution is 7.99. The minimum absolute atomic E-state index is 0.0646. The number of carbonyl (C=O) groups is 1. The number of amides is 1. The number of benzene rings is 3. The highest BCUT2D eigenvalue weighted by atomic mass is 32.2. The van der Waals surface area contributed by atoms with E-state index in [0.29, 0.717) is 29.1 Å². The zero-order valence-electron chi connectivity index (χ0n) is 18.1. The minimum atomic E-state index is -0.127. The highest BCUT2D eigenvalue weighted by Gasteiger charge is 2.22. The highest BCUT2D eigenvalue weighted by Crippen LogP contribution is 2.22. The fourth-order valence-electron chi connectivity index (χ4n) is 4.08. The van der Waals surface area contributed by atoms with E-state index in [1.54, 1.807) is 10.6 Å². The second kappa shape index (κ2) is 9.50. The van der Waals surface area contributed by atoms with Crippen LogP contribution in [0.15, 0.2) is 94.9 Å². The molecule has 0 aliphatic carbocycles. The second-order valence-corrected chi connectivity index (χ2v) is 8.82. The molecule has 1 amide bonds. The molecule has 166 valence electrons. The third-order valence-corrected chi connectivity index (χ3v) is 6.76. The molecular formula is C26H24N4O2S. The molecule has 0 unspecified atom stereocenters. The molecule has 2 heterocycles. The zero-order chi connectivity index (χ0) is 22.6. The smallest absolute Gasteiger partial charge is 0.266 e. The van der Waals surface area contributed by atoms with Gasteiger partial charge in [0, 0.05) is 31.9 Å². The molecule has 5 rings (SSSR count). The monoisotopic (exact) mass is 456 g/mol. The summed E-state index contributed by atoms with van der Waals surface area (Å²) in [6.07, 6.45) is 0. The number of para-hydroxylation sites is 3. The minimum Gasteiger partial charge on any atom is -0.368 e. The summed E-state index contributed by atoms with van der Waals surface area (Å²) in [5.74, 6) is 0.304.